The maximum Gasteiger partial charge on any atom is 0.272 e. The first kappa shape index (κ1) is 13.2. The number of aromatic amines is 1. The Hall–Kier alpha value is -1.26. The molecular weight excluding hydrogens is 316 g/mol. The van der Waals surface area contributed by atoms with Crippen molar-refractivity contribution in [2.24, 2.45) is 0 Å². The molecule has 0 saturated carbocycles. The van der Waals surface area contributed by atoms with Crippen molar-refractivity contribution >= 4 is 39.1 Å². The van der Waals surface area contributed by atoms with E-state index in [9.17, 15) is 4.79 Å². The van der Waals surface area contributed by atoms with E-state index in [1.54, 1.807) is 12.3 Å². The van der Waals surface area contributed by atoms with Gasteiger partial charge in [0.05, 0.1) is 5.02 Å². The van der Waals surface area contributed by atoms with Crippen LogP contribution in [0.25, 0.3) is 0 Å². The van der Waals surface area contributed by atoms with Gasteiger partial charge in [-0.3, -0.25) is 4.79 Å². The van der Waals surface area contributed by atoms with Gasteiger partial charge < -0.3 is 10.3 Å². The van der Waals surface area contributed by atoms with Gasteiger partial charge in [0.15, 0.2) is 0 Å². The van der Waals surface area contributed by atoms with E-state index in [1.165, 1.54) is 0 Å². The lowest BCUT2D eigenvalue weighted by molar-refractivity contribution is 0.102. The molecule has 2 N–H and O–H groups in total. The number of hydrogen-bond donors (Lipinski definition) is 2. The first-order valence-corrected chi connectivity index (χ1v) is 6.71. The maximum absolute atomic E-state index is 12.0. The largest absolute Gasteiger partial charge is 0.356 e. The Bertz CT molecular complexity index is 580. The summed E-state index contributed by atoms with van der Waals surface area (Å²) in [6.07, 6.45) is 2.43. The zero-order valence-corrected chi connectivity index (χ0v) is 12.1. The molecule has 3 nitrogen and oxygen atoms in total. The van der Waals surface area contributed by atoms with Crippen LogP contribution in [-0.2, 0) is 6.42 Å². The van der Waals surface area contributed by atoms with E-state index >= 15 is 0 Å². The number of carbonyl (C=O) groups excluding carboxylic acids is 1. The summed E-state index contributed by atoms with van der Waals surface area (Å²) in [4.78, 5) is 14.8. The summed E-state index contributed by atoms with van der Waals surface area (Å²) in [6.45, 7) is 2.04. The number of H-pyrrole nitrogens is 1. The molecule has 2 aromatic rings. The van der Waals surface area contributed by atoms with Crippen LogP contribution in [0.2, 0.25) is 5.02 Å². The number of amides is 1. The molecule has 0 spiro atoms. The van der Waals surface area contributed by atoms with Crippen molar-refractivity contribution in [1.82, 2.24) is 4.98 Å². The van der Waals surface area contributed by atoms with Crippen molar-refractivity contribution in [2.45, 2.75) is 13.3 Å². The normalized spacial score (nSPS) is 10.4. The average Bonchev–Trinajstić information content (AvgIpc) is 2.78. The predicted molar refractivity (Wildman–Crippen MR) is 77.3 cm³/mol. The number of anilines is 1. The Morgan fingerprint density at radius 3 is 2.83 bits per heavy atom. The van der Waals surface area contributed by atoms with Crippen molar-refractivity contribution < 1.29 is 4.79 Å². The van der Waals surface area contributed by atoms with E-state index in [4.69, 9.17) is 11.6 Å². The summed E-state index contributed by atoms with van der Waals surface area (Å²) < 4.78 is 1.00. The predicted octanol–water partition coefficient (Wildman–Crippen LogP) is 4.25. The van der Waals surface area contributed by atoms with Crippen molar-refractivity contribution in [1.29, 1.82) is 0 Å². The summed E-state index contributed by atoms with van der Waals surface area (Å²) in [5.74, 6) is -0.195. The van der Waals surface area contributed by atoms with Crippen molar-refractivity contribution in [3.8, 4) is 0 Å². The van der Waals surface area contributed by atoms with Gasteiger partial charge in [0.25, 0.3) is 5.91 Å². The van der Waals surface area contributed by atoms with E-state index in [0.717, 1.165) is 22.1 Å². The van der Waals surface area contributed by atoms with Gasteiger partial charge in [-0.15, -0.1) is 0 Å². The molecule has 18 heavy (non-hydrogen) atoms. The van der Waals surface area contributed by atoms with Crippen LogP contribution < -0.4 is 5.32 Å². The summed E-state index contributed by atoms with van der Waals surface area (Å²) in [5.41, 5.74) is 2.34. The van der Waals surface area contributed by atoms with Crippen LogP contribution in [0.1, 0.15) is 23.0 Å². The first-order chi connectivity index (χ1) is 8.60. The number of rotatable bonds is 3. The molecule has 0 unspecified atom stereocenters. The van der Waals surface area contributed by atoms with Gasteiger partial charge in [0.2, 0.25) is 0 Å². The molecule has 0 radical (unpaired) electrons. The number of nitrogens with one attached hydrogen (secondary N) is 2. The molecule has 1 heterocycles. The monoisotopic (exact) mass is 326 g/mol. The second kappa shape index (κ2) is 5.59. The van der Waals surface area contributed by atoms with Crippen LogP contribution in [0, 0.1) is 0 Å². The molecule has 5 heteroatoms. The molecule has 0 fully saturated rings. The standard InChI is InChI=1S/C13H12BrClN2O/c1-2-8-5-9(14)3-4-11(8)17-13(18)12-6-10(15)7-16-12/h3-7,16H,2H2,1H3,(H,17,18). The quantitative estimate of drug-likeness (QED) is 0.870. The minimum Gasteiger partial charge on any atom is -0.356 e. The molecule has 0 aliphatic carbocycles. The lowest BCUT2D eigenvalue weighted by Crippen LogP contribution is -2.13. The average molecular weight is 328 g/mol. The van der Waals surface area contributed by atoms with Crippen molar-refractivity contribution in [2.75, 3.05) is 5.32 Å². The third kappa shape index (κ3) is 2.94. The van der Waals surface area contributed by atoms with Crippen LogP contribution in [0.5, 0.6) is 0 Å². The maximum atomic E-state index is 12.0. The molecule has 0 atom stereocenters. The molecule has 1 aromatic heterocycles. The highest BCUT2D eigenvalue weighted by Gasteiger charge is 2.10. The van der Waals surface area contributed by atoms with Crippen LogP contribution in [0.3, 0.4) is 0 Å². The van der Waals surface area contributed by atoms with E-state index in [2.05, 4.69) is 26.2 Å². The molecule has 0 saturated heterocycles. The zero-order valence-electron chi connectivity index (χ0n) is 9.76. The second-order valence-corrected chi connectivity index (χ2v) is 5.19. The third-order valence-electron chi connectivity index (χ3n) is 2.59. The van der Waals surface area contributed by atoms with Crippen LogP contribution in [-0.4, -0.2) is 10.9 Å². The number of halogens is 2. The van der Waals surface area contributed by atoms with Crippen molar-refractivity contribution in [3.05, 3.63) is 51.2 Å². The highest BCUT2D eigenvalue weighted by atomic mass is 79.9. The minimum absolute atomic E-state index is 0.195. The summed E-state index contributed by atoms with van der Waals surface area (Å²) in [5, 5.41) is 3.39. The highest BCUT2D eigenvalue weighted by molar-refractivity contribution is 9.10. The Labute approximate surface area is 119 Å². The summed E-state index contributed by atoms with van der Waals surface area (Å²) in [6, 6.07) is 7.38. The molecule has 0 bridgehead atoms. The summed E-state index contributed by atoms with van der Waals surface area (Å²) in [7, 11) is 0. The molecule has 2 rings (SSSR count). The lowest BCUT2D eigenvalue weighted by Gasteiger charge is -2.09. The smallest absolute Gasteiger partial charge is 0.272 e. The molecule has 1 aromatic carbocycles. The van der Waals surface area contributed by atoms with E-state index in [-0.39, 0.29) is 5.91 Å². The molecule has 94 valence electrons. The Kier molecular flexibility index (Phi) is 4.09. The van der Waals surface area contributed by atoms with Gasteiger partial charge in [-0.2, -0.15) is 0 Å². The number of carbonyl (C=O) groups is 1. The van der Waals surface area contributed by atoms with E-state index in [1.807, 2.05) is 25.1 Å². The highest BCUT2D eigenvalue weighted by Crippen LogP contribution is 2.22. The molecule has 0 aliphatic heterocycles. The minimum atomic E-state index is -0.195. The van der Waals surface area contributed by atoms with Gasteiger partial charge >= 0.3 is 0 Å². The second-order valence-electron chi connectivity index (χ2n) is 3.84. The Morgan fingerprint density at radius 1 is 1.44 bits per heavy atom. The van der Waals surface area contributed by atoms with E-state index < -0.39 is 0 Å². The van der Waals surface area contributed by atoms with Gasteiger partial charge in [0.1, 0.15) is 5.69 Å². The lowest BCUT2D eigenvalue weighted by atomic mass is 10.1. The van der Waals surface area contributed by atoms with Crippen molar-refractivity contribution in [3.63, 3.8) is 0 Å². The first-order valence-electron chi connectivity index (χ1n) is 5.54. The fourth-order valence-electron chi connectivity index (χ4n) is 1.67. The number of aryl methyl sites for hydroxylation is 1. The molecule has 1 amide bonds. The van der Waals surface area contributed by atoms with Gasteiger partial charge in [-0.1, -0.05) is 34.5 Å². The number of aromatic nitrogens is 1. The fraction of sp³-hybridized carbons (Fsp3) is 0.154. The Morgan fingerprint density at radius 2 is 2.22 bits per heavy atom. The third-order valence-corrected chi connectivity index (χ3v) is 3.30. The number of benzene rings is 1. The number of hydrogen-bond acceptors (Lipinski definition) is 1. The van der Waals surface area contributed by atoms with Crippen LogP contribution in [0.4, 0.5) is 5.69 Å². The van der Waals surface area contributed by atoms with Gasteiger partial charge in [-0.25, -0.2) is 0 Å². The molecular formula is C13H12BrClN2O. The zero-order chi connectivity index (χ0) is 13.1. The van der Waals surface area contributed by atoms with E-state index in [0.29, 0.717) is 10.7 Å². The van der Waals surface area contributed by atoms with Crippen LogP contribution >= 0.6 is 27.5 Å². The van der Waals surface area contributed by atoms with Crippen LogP contribution in [0.15, 0.2) is 34.9 Å². The van der Waals surface area contributed by atoms with Gasteiger partial charge in [0, 0.05) is 16.4 Å². The molecule has 0 aliphatic rings. The van der Waals surface area contributed by atoms with Gasteiger partial charge in [-0.05, 0) is 36.2 Å². The Balaban J connectivity index is 2.21. The topological polar surface area (TPSA) is 44.9 Å². The summed E-state index contributed by atoms with van der Waals surface area (Å²) >= 11 is 9.18. The fourth-order valence-corrected chi connectivity index (χ4v) is 2.24. The SMILES string of the molecule is CCc1cc(Br)ccc1NC(=O)c1cc(Cl)c[nH]1.